The number of carbonyl (C=O) groups excluding carboxylic acids is 1. The first kappa shape index (κ1) is 41.1. The van der Waals surface area contributed by atoms with E-state index in [1.807, 2.05) is 13.8 Å². The minimum atomic E-state index is -4.67. The minimum absolute atomic E-state index is 0. The van der Waals surface area contributed by atoms with Gasteiger partial charge in [-0.2, -0.15) is 19.6 Å². The van der Waals surface area contributed by atoms with Crippen LogP contribution in [0.3, 0.4) is 0 Å². The topological polar surface area (TPSA) is 60.0 Å². The van der Waals surface area contributed by atoms with Crippen LogP contribution >= 0.6 is 0 Å². The first-order valence-corrected chi connectivity index (χ1v) is 15.4. The van der Waals surface area contributed by atoms with Crippen molar-refractivity contribution in [1.82, 2.24) is 15.1 Å². The van der Waals surface area contributed by atoms with Gasteiger partial charge in [0.05, 0.1) is 18.0 Å². The Balaban J connectivity index is 0.0000101. The molecule has 1 aromatic carbocycles. The number of nitrogens with one attached hydrogen (secondary N) is 2. The van der Waals surface area contributed by atoms with Crippen molar-refractivity contribution in [3.63, 3.8) is 0 Å². The Bertz CT molecular complexity index is 1170. The number of benzene rings is 1. The molecular formula is C33H48F5N5OU. The van der Waals surface area contributed by atoms with Gasteiger partial charge in [-0.15, -0.1) is 6.54 Å². The molecule has 1 saturated heterocycles. The van der Waals surface area contributed by atoms with Gasteiger partial charge in [-0.3, -0.25) is 4.79 Å². The number of unbranched alkanes of at least 4 members (excludes halogenated alkanes) is 1. The van der Waals surface area contributed by atoms with Gasteiger partial charge in [0.15, 0.2) is 0 Å². The second-order valence-corrected chi connectivity index (χ2v) is 11.2. The van der Waals surface area contributed by atoms with Gasteiger partial charge in [0.25, 0.3) is 5.92 Å². The number of amides is 1. The van der Waals surface area contributed by atoms with Crippen LogP contribution in [-0.4, -0.2) is 73.4 Å². The van der Waals surface area contributed by atoms with E-state index in [9.17, 15) is 26.7 Å². The third kappa shape index (κ3) is 13.0. The van der Waals surface area contributed by atoms with Crippen LogP contribution in [0.25, 0.3) is 0 Å². The fourth-order valence-electron chi connectivity index (χ4n) is 5.18. The van der Waals surface area contributed by atoms with Crippen molar-refractivity contribution in [2.24, 2.45) is 4.99 Å². The van der Waals surface area contributed by atoms with Crippen molar-refractivity contribution in [2.45, 2.75) is 83.7 Å². The van der Waals surface area contributed by atoms with Crippen LogP contribution in [-0.2, 0) is 11.2 Å². The number of carbonyl (C=O) groups is 1. The second kappa shape index (κ2) is 19.7. The molecule has 0 bridgehead atoms. The van der Waals surface area contributed by atoms with Gasteiger partial charge < -0.3 is 34.3 Å². The van der Waals surface area contributed by atoms with E-state index in [1.54, 1.807) is 42.0 Å². The molecule has 1 aromatic rings. The van der Waals surface area contributed by atoms with Crippen molar-refractivity contribution >= 4 is 17.4 Å². The van der Waals surface area contributed by atoms with E-state index in [0.717, 1.165) is 11.8 Å². The number of aliphatic imine (C=N–C) groups is 1. The number of likely N-dealkylation sites (tertiary alicyclic amines) is 1. The maximum atomic E-state index is 14.8. The monoisotopic (exact) mass is 863 g/mol. The summed E-state index contributed by atoms with van der Waals surface area (Å²) in [6.07, 6.45) is 0.837. The van der Waals surface area contributed by atoms with Gasteiger partial charge in [-0.05, 0) is 69.8 Å². The summed E-state index contributed by atoms with van der Waals surface area (Å²) in [6, 6.07) is 5.11. The number of allylic oxidation sites excluding steroid dienone is 2. The van der Waals surface area contributed by atoms with Gasteiger partial charge in [0.2, 0.25) is 5.91 Å². The Morgan fingerprint density at radius 2 is 1.96 bits per heavy atom. The average molecular weight is 864 g/mol. The number of hydrogen-bond acceptors (Lipinski definition) is 4. The zero-order valence-electron chi connectivity index (χ0n) is 27.0. The van der Waals surface area contributed by atoms with Gasteiger partial charge in [0.1, 0.15) is 5.84 Å². The number of anilines is 1. The zero-order chi connectivity index (χ0) is 32.9. The number of amidine groups is 1. The van der Waals surface area contributed by atoms with E-state index in [4.69, 9.17) is 0 Å². The molecule has 1 atom stereocenters. The van der Waals surface area contributed by atoms with Crippen molar-refractivity contribution in [3.05, 3.63) is 66.7 Å². The van der Waals surface area contributed by atoms with Crippen LogP contribution in [0.4, 0.5) is 27.6 Å². The third-order valence-electron chi connectivity index (χ3n) is 7.57. The molecule has 1 fully saturated rings. The van der Waals surface area contributed by atoms with Crippen molar-refractivity contribution < 1.29 is 57.9 Å². The summed E-state index contributed by atoms with van der Waals surface area (Å²) >= 11 is 0. The fraction of sp³-hybridized carbons (Fsp3) is 0.576. The molecule has 0 aromatic heterocycles. The third-order valence-corrected chi connectivity index (χ3v) is 7.57. The molecule has 1 amide bonds. The normalized spacial score (nSPS) is 17.9. The molecule has 0 saturated carbocycles. The summed E-state index contributed by atoms with van der Waals surface area (Å²) in [5.41, 5.74) is 0.964. The summed E-state index contributed by atoms with van der Waals surface area (Å²) in [7, 11) is 1.68. The molecule has 0 radical (unpaired) electrons. The number of aryl methyl sites for hydroxylation is 1. The van der Waals surface area contributed by atoms with Gasteiger partial charge in [0, 0.05) is 30.7 Å². The number of hydrogen-bond donors (Lipinski definition) is 2. The minimum Gasteiger partial charge on any atom is -0.385 e. The Morgan fingerprint density at radius 1 is 1.24 bits per heavy atom. The predicted octanol–water partition coefficient (Wildman–Crippen LogP) is 7.52. The summed E-state index contributed by atoms with van der Waals surface area (Å²) < 4.78 is 72.2. The summed E-state index contributed by atoms with van der Waals surface area (Å²) in [5.74, 6) is -3.59. The Kier molecular flexibility index (Phi) is 18.0. The van der Waals surface area contributed by atoms with E-state index in [0.29, 0.717) is 69.3 Å². The van der Waals surface area contributed by atoms with E-state index in [1.165, 1.54) is 6.08 Å². The fourth-order valence-corrected chi connectivity index (χ4v) is 5.18. The quantitative estimate of drug-likeness (QED) is 0.0479. The summed E-state index contributed by atoms with van der Waals surface area (Å²) in [6.45, 7) is 13.9. The first-order chi connectivity index (χ1) is 20.8. The molecule has 1 heterocycles. The Labute approximate surface area is 289 Å². The first-order valence-electron chi connectivity index (χ1n) is 15.4. The summed E-state index contributed by atoms with van der Waals surface area (Å²) in [5, 5.41) is 5.95. The molecule has 1 unspecified atom stereocenters. The van der Waals surface area contributed by atoms with E-state index in [-0.39, 0.29) is 68.2 Å². The molecule has 2 N–H and O–H groups in total. The van der Waals surface area contributed by atoms with Crippen LogP contribution in [0, 0.1) is 45.0 Å². The smallest absolute Gasteiger partial charge is 0.385 e. The van der Waals surface area contributed by atoms with Gasteiger partial charge in [-0.25, -0.2) is 13.8 Å². The molecular weight excluding hydrogens is 815 g/mol. The molecule has 6 nitrogen and oxygen atoms in total. The molecule has 12 heteroatoms. The molecule has 0 aliphatic carbocycles. The van der Waals surface area contributed by atoms with Gasteiger partial charge >= 0.3 is 37.3 Å². The van der Waals surface area contributed by atoms with Gasteiger partial charge in [-0.1, -0.05) is 38.5 Å². The molecule has 1 aliphatic rings. The molecule has 1 aliphatic heterocycles. The van der Waals surface area contributed by atoms with Crippen LogP contribution < -0.4 is 10.6 Å². The average Bonchev–Trinajstić information content (AvgIpc) is 2.94. The standard InChI is InChI=1S/C33H48F5N5O.U/c1-7-11-14-30(39-18-12-19-43(10-4)31(44)13-8-2)28(33(36,37)38)22-40-24(5)41-29-16-15-26(21-25(29)9-3)27-17-20-42(6)23-32(27,34)35;/h14-16,21-22,27,39H,2,4,7-13,17-20,23H2,1,3,5-6H3,(H,40,41);/q-2;+2/b28-22+,30-14-;. The molecule has 45 heavy (non-hydrogen) atoms. The second-order valence-electron chi connectivity index (χ2n) is 11.2. The number of nitrogens with zero attached hydrogens (tertiary/aromatic N) is 3. The van der Waals surface area contributed by atoms with Crippen LogP contribution in [0.2, 0.25) is 0 Å². The predicted molar refractivity (Wildman–Crippen MR) is 169 cm³/mol. The molecule has 250 valence electrons. The maximum absolute atomic E-state index is 14.8. The van der Waals surface area contributed by atoms with Crippen LogP contribution in [0.5, 0.6) is 0 Å². The molecule has 0 spiro atoms. The number of halogens is 5. The van der Waals surface area contributed by atoms with E-state index < -0.39 is 23.6 Å². The van der Waals surface area contributed by atoms with Crippen molar-refractivity contribution in [3.8, 4) is 0 Å². The van der Waals surface area contributed by atoms with E-state index >= 15 is 0 Å². The largest absolute Gasteiger partial charge is 2.00 e. The number of rotatable bonds is 15. The summed E-state index contributed by atoms with van der Waals surface area (Å²) in [4.78, 5) is 19.4. The number of alkyl halides is 5. The SMILES string of the molecule is [CH2-]CCC(=O)N(C[CH2-])CCCNC(=C\CCC)/C(=C\N=C(C)Nc1ccc(C2CCN(C)CC2(F)F)cc1CC)C(F)(F)F.[U+2]. The van der Waals surface area contributed by atoms with Crippen LogP contribution in [0.1, 0.15) is 76.3 Å². The van der Waals surface area contributed by atoms with Crippen molar-refractivity contribution in [1.29, 1.82) is 0 Å². The maximum Gasteiger partial charge on any atom is 2.00 e. The van der Waals surface area contributed by atoms with Crippen molar-refractivity contribution in [2.75, 3.05) is 45.1 Å². The Morgan fingerprint density at radius 3 is 2.53 bits per heavy atom. The van der Waals surface area contributed by atoms with Crippen LogP contribution in [0.15, 0.2) is 46.7 Å². The van der Waals surface area contributed by atoms with E-state index in [2.05, 4.69) is 29.5 Å². The zero-order valence-corrected chi connectivity index (χ0v) is 31.2. The Hall–Kier alpha value is -1.90. The number of piperidine rings is 1. The molecule has 2 rings (SSSR count).